The van der Waals surface area contributed by atoms with E-state index in [1.807, 2.05) is 13.0 Å². The van der Waals surface area contributed by atoms with Crippen LogP contribution in [0.4, 0.5) is 4.39 Å². The fraction of sp³-hybridized carbons (Fsp3) is 0.562. The number of hydrogen-bond acceptors (Lipinski definition) is 3. The molecule has 0 aliphatic heterocycles. The lowest BCUT2D eigenvalue weighted by Crippen LogP contribution is -2.24. The molecule has 0 saturated carbocycles. The molecule has 2 N–H and O–H groups in total. The number of benzene rings is 1. The van der Waals surface area contributed by atoms with E-state index in [4.69, 9.17) is 4.74 Å². The van der Waals surface area contributed by atoms with E-state index < -0.39 is 5.82 Å². The maximum Gasteiger partial charge on any atom is 0.223 e. The molecule has 0 fully saturated rings. The Kier molecular flexibility index (Phi) is 7.75. The Labute approximate surface area is 126 Å². The standard InChI is InChI=1S/C16H25FN2O2/c1-4-19-16(20)7-8-21-15-6-5-13(9-14(15)17)11-18-10-12(2)3/h5-6,9,12,18H,4,7-8,10-11H2,1-3H3,(H,19,20). The van der Waals surface area contributed by atoms with Crippen molar-refractivity contribution in [1.29, 1.82) is 0 Å². The summed E-state index contributed by atoms with van der Waals surface area (Å²) < 4.78 is 19.2. The van der Waals surface area contributed by atoms with Gasteiger partial charge in [-0.3, -0.25) is 4.79 Å². The summed E-state index contributed by atoms with van der Waals surface area (Å²) in [6.45, 7) is 8.39. The molecule has 0 radical (unpaired) electrons. The average molecular weight is 296 g/mol. The lowest BCUT2D eigenvalue weighted by Gasteiger charge is -2.10. The Balaban J connectivity index is 2.41. The summed E-state index contributed by atoms with van der Waals surface area (Å²) in [6.07, 6.45) is 0.227. The Morgan fingerprint density at radius 3 is 2.76 bits per heavy atom. The van der Waals surface area contributed by atoms with Crippen molar-refractivity contribution >= 4 is 5.91 Å². The highest BCUT2D eigenvalue weighted by Crippen LogP contribution is 2.18. The minimum atomic E-state index is -0.394. The van der Waals surface area contributed by atoms with Gasteiger partial charge in [-0.25, -0.2) is 4.39 Å². The number of nitrogens with one attached hydrogen (secondary N) is 2. The van der Waals surface area contributed by atoms with E-state index in [-0.39, 0.29) is 24.7 Å². The van der Waals surface area contributed by atoms with E-state index in [0.29, 0.717) is 19.0 Å². The molecule has 0 atom stereocenters. The van der Waals surface area contributed by atoms with Gasteiger partial charge < -0.3 is 15.4 Å². The molecule has 0 saturated heterocycles. The van der Waals surface area contributed by atoms with E-state index >= 15 is 0 Å². The van der Waals surface area contributed by atoms with E-state index in [1.54, 1.807) is 6.07 Å². The van der Waals surface area contributed by atoms with Crippen molar-refractivity contribution in [3.63, 3.8) is 0 Å². The van der Waals surface area contributed by atoms with Gasteiger partial charge in [-0.15, -0.1) is 0 Å². The molecular weight excluding hydrogens is 271 g/mol. The van der Waals surface area contributed by atoms with Gasteiger partial charge in [0.2, 0.25) is 5.91 Å². The van der Waals surface area contributed by atoms with Crippen molar-refractivity contribution in [2.24, 2.45) is 5.92 Å². The Bertz CT molecular complexity index is 450. The predicted octanol–water partition coefficient (Wildman–Crippen LogP) is 2.48. The van der Waals surface area contributed by atoms with Gasteiger partial charge in [-0.1, -0.05) is 19.9 Å². The zero-order chi connectivity index (χ0) is 15.7. The Hall–Kier alpha value is -1.62. The molecule has 0 aliphatic carbocycles. The first kappa shape index (κ1) is 17.4. The SMILES string of the molecule is CCNC(=O)CCOc1ccc(CNCC(C)C)cc1F. The summed E-state index contributed by atoms with van der Waals surface area (Å²) in [4.78, 5) is 11.3. The second-order valence-electron chi connectivity index (χ2n) is 5.34. The highest BCUT2D eigenvalue weighted by atomic mass is 19.1. The minimum absolute atomic E-state index is 0.0904. The largest absolute Gasteiger partial charge is 0.490 e. The van der Waals surface area contributed by atoms with Gasteiger partial charge in [0.25, 0.3) is 0 Å². The summed E-state index contributed by atoms with van der Waals surface area (Å²) in [7, 11) is 0. The first-order chi connectivity index (χ1) is 10.0. The molecule has 0 unspecified atom stereocenters. The maximum atomic E-state index is 13.9. The fourth-order valence-corrected chi connectivity index (χ4v) is 1.82. The van der Waals surface area contributed by atoms with E-state index in [1.165, 1.54) is 6.07 Å². The topological polar surface area (TPSA) is 50.4 Å². The molecule has 118 valence electrons. The summed E-state index contributed by atoms with van der Waals surface area (Å²) in [6, 6.07) is 4.91. The van der Waals surface area contributed by atoms with Crippen molar-refractivity contribution in [3.05, 3.63) is 29.6 Å². The van der Waals surface area contributed by atoms with Crippen molar-refractivity contribution in [3.8, 4) is 5.75 Å². The van der Waals surface area contributed by atoms with Crippen LogP contribution in [0, 0.1) is 11.7 Å². The number of rotatable bonds is 9. The lowest BCUT2D eigenvalue weighted by atomic mass is 10.2. The minimum Gasteiger partial charge on any atom is -0.490 e. The highest BCUT2D eigenvalue weighted by molar-refractivity contribution is 5.75. The molecule has 1 amide bonds. The summed E-state index contributed by atoms with van der Waals surface area (Å²) in [5.41, 5.74) is 0.879. The van der Waals surface area contributed by atoms with Crippen molar-refractivity contribution < 1.29 is 13.9 Å². The number of halogens is 1. The van der Waals surface area contributed by atoms with Gasteiger partial charge in [0.15, 0.2) is 11.6 Å². The van der Waals surface area contributed by atoms with Crippen LogP contribution < -0.4 is 15.4 Å². The molecule has 5 heteroatoms. The third-order valence-corrected chi connectivity index (χ3v) is 2.84. The molecule has 0 aromatic heterocycles. The quantitative estimate of drug-likeness (QED) is 0.736. The molecule has 4 nitrogen and oxygen atoms in total. The third-order valence-electron chi connectivity index (χ3n) is 2.84. The summed E-state index contributed by atoms with van der Waals surface area (Å²) in [5.74, 6) is 0.265. The smallest absolute Gasteiger partial charge is 0.223 e. The van der Waals surface area contributed by atoms with Gasteiger partial charge in [0.05, 0.1) is 13.0 Å². The van der Waals surface area contributed by atoms with Gasteiger partial charge in [-0.05, 0) is 37.1 Å². The van der Waals surface area contributed by atoms with E-state index in [9.17, 15) is 9.18 Å². The van der Waals surface area contributed by atoms with Crippen LogP contribution in [0.15, 0.2) is 18.2 Å². The average Bonchev–Trinajstić information content (AvgIpc) is 2.41. The van der Waals surface area contributed by atoms with Gasteiger partial charge in [0, 0.05) is 13.1 Å². The maximum absolute atomic E-state index is 13.9. The lowest BCUT2D eigenvalue weighted by molar-refractivity contribution is -0.121. The molecule has 0 heterocycles. The second-order valence-corrected chi connectivity index (χ2v) is 5.34. The van der Waals surface area contributed by atoms with Crippen LogP contribution in [0.3, 0.4) is 0 Å². The van der Waals surface area contributed by atoms with E-state index in [2.05, 4.69) is 24.5 Å². The van der Waals surface area contributed by atoms with Gasteiger partial charge in [0.1, 0.15) is 0 Å². The van der Waals surface area contributed by atoms with Gasteiger partial charge >= 0.3 is 0 Å². The van der Waals surface area contributed by atoms with Crippen LogP contribution >= 0.6 is 0 Å². The predicted molar refractivity (Wildman–Crippen MR) is 81.7 cm³/mol. The van der Waals surface area contributed by atoms with Crippen molar-refractivity contribution in [1.82, 2.24) is 10.6 Å². The van der Waals surface area contributed by atoms with Crippen molar-refractivity contribution in [2.75, 3.05) is 19.7 Å². The number of carbonyl (C=O) groups is 1. The van der Waals surface area contributed by atoms with Crippen LogP contribution in [0.1, 0.15) is 32.8 Å². The first-order valence-electron chi connectivity index (χ1n) is 7.41. The molecule has 0 bridgehead atoms. The number of ether oxygens (including phenoxy) is 1. The highest BCUT2D eigenvalue weighted by Gasteiger charge is 2.06. The number of hydrogen-bond donors (Lipinski definition) is 2. The van der Waals surface area contributed by atoms with Crippen LogP contribution in [0.5, 0.6) is 5.75 Å². The van der Waals surface area contributed by atoms with Crippen LogP contribution in [-0.2, 0) is 11.3 Å². The van der Waals surface area contributed by atoms with Crippen LogP contribution in [0.2, 0.25) is 0 Å². The summed E-state index contributed by atoms with van der Waals surface area (Å²) in [5, 5.41) is 5.93. The van der Waals surface area contributed by atoms with Crippen molar-refractivity contribution in [2.45, 2.75) is 33.7 Å². The summed E-state index contributed by atoms with van der Waals surface area (Å²) >= 11 is 0. The van der Waals surface area contributed by atoms with Gasteiger partial charge in [-0.2, -0.15) is 0 Å². The normalized spacial score (nSPS) is 10.7. The second kappa shape index (κ2) is 9.34. The fourth-order valence-electron chi connectivity index (χ4n) is 1.82. The van der Waals surface area contributed by atoms with Crippen LogP contribution in [0.25, 0.3) is 0 Å². The Morgan fingerprint density at radius 2 is 2.14 bits per heavy atom. The Morgan fingerprint density at radius 1 is 1.38 bits per heavy atom. The zero-order valence-corrected chi connectivity index (χ0v) is 13.0. The molecule has 1 aromatic carbocycles. The van der Waals surface area contributed by atoms with Crippen LogP contribution in [-0.4, -0.2) is 25.6 Å². The molecule has 21 heavy (non-hydrogen) atoms. The number of amides is 1. The molecular formula is C16H25FN2O2. The first-order valence-corrected chi connectivity index (χ1v) is 7.41. The molecule has 1 aromatic rings. The van der Waals surface area contributed by atoms with E-state index in [0.717, 1.165) is 12.1 Å². The molecule has 0 aliphatic rings. The molecule has 0 spiro atoms. The monoisotopic (exact) mass is 296 g/mol. The zero-order valence-electron chi connectivity index (χ0n) is 13.0. The number of carbonyl (C=O) groups excluding carboxylic acids is 1. The molecule has 1 rings (SSSR count). The third kappa shape index (κ3) is 7.09.